The van der Waals surface area contributed by atoms with Gasteiger partial charge in [-0.1, -0.05) is 30.3 Å². The van der Waals surface area contributed by atoms with Crippen LogP contribution in [0.2, 0.25) is 0 Å². The van der Waals surface area contributed by atoms with E-state index in [-0.39, 0.29) is 17.8 Å². The second-order valence-electron chi connectivity index (χ2n) is 6.18. The van der Waals surface area contributed by atoms with Crippen molar-refractivity contribution in [3.05, 3.63) is 88.1 Å². The number of allylic oxidation sites excluding steroid dienone is 1. The molecule has 0 bridgehead atoms. The summed E-state index contributed by atoms with van der Waals surface area (Å²) in [6.45, 7) is 1.75. The van der Waals surface area contributed by atoms with Gasteiger partial charge in [0, 0.05) is 17.1 Å². The normalized spacial score (nSPS) is 12.1. The Balaban J connectivity index is 2.02. The Morgan fingerprint density at radius 2 is 1.76 bits per heavy atom. The summed E-state index contributed by atoms with van der Waals surface area (Å²) >= 11 is 1.37. The van der Waals surface area contributed by atoms with Gasteiger partial charge in [-0.15, -0.1) is 11.3 Å². The van der Waals surface area contributed by atoms with Crippen LogP contribution >= 0.6 is 11.3 Å². The number of aromatic nitrogens is 1. The zero-order chi connectivity index (χ0) is 21.0. The Hall–Kier alpha value is -3.00. The van der Waals surface area contributed by atoms with E-state index >= 15 is 0 Å². The van der Waals surface area contributed by atoms with Crippen molar-refractivity contribution in [2.75, 3.05) is 4.90 Å². The highest BCUT2D eigenvalue weighted by molar-refractivity contribution is 7.09. The van der Waals surface area contributed by atoms with E-state index in [4.69, 9.17) is 0 Å². The fraction of sp³-hybridized carbons (Fsp3) is 0.143. The van der Waals surface area contributed by atoms with Crippen LogP contribution in [0.3, 0.4) is 0 Å². The predicted octanol–water partition coefficient (Wildman–Crippen LogP) is 5.77. The SMILES string of the molecule is Cc1nc(CN(C(=O)/C=C(/c2ccccc2)C(F)(F)F)c2ccc(F)cc2)cs1. The molecule has 0 aliphatic carbocycles. The van der Waals surface area contributed by atoms with Crippen LogP contribution in [0.25, 0.3) is 5.57 Å². The molecule has 1 amide bonds. The van der Waals surface area contributed by atoms with Gasteiger partial charge in [0.15, 0.2) is 0 Å². The Labute approximate surface area is 168 Å². The third kappa shape index (κ3) is 5.29. The highest BCUT2D eigenvalue weighted by Crippen LogP contribution is 2.34. The number of carbonyl (C=O) groups is 1. The fourth-order valence-electron chi connectivity index (χ4n) is 2.71. The first-order chi connectivity index (χ1) is 13.7. The van der Waals surface area contributed by atoms with Crippen molar-refractivity contribution in [3.8, 4) is 0 Å². The lowest BCUT2D eigenvalue weighted by Gasteiger charge is -2.22. The predicted molar refractivity (Wildman–Crippen MR) is 105 cm³/mol. The topological polar surface area (TPSA) is 33.2 Å². The van der Waals surface area contributed by atoms with E-state index in [1.807, 2.05) is 0 Å². The number of nitrogens with zero attached hydrogens (tertiary/aromatic N) is 2. The number of anilines is 1. The third-order valence-corrected chi connectivity index (χ3v) is 4.87. The van der Waals surface area contributed by atoms with Crippen LogP contribution in [-0.2, 0) is 11.3 Å². The van der Waals surface area contributed by atoms with Crippen LogP contribution in [0.1, 0.15) is 16.3 Å². The van der Waals surface area contributed by atoms with Gasteiger partial charge < -0.3 is 4.90 Å². The zero-order valence-electron chi connectivity index (χ0n) is 15.3. The van der Waals surface area contributed by atoms with Crippen LogP contribution in [0.5, 0.6) is 0 Å². The van der Waals surface area contributed by atoms with Crippen molar-refractivity contribution < 1.29 is 22.4 Å². The molecule has 3 nitrogen and oxygen atoms in total. The van der Waals surface area contributed by atoms with Crippen molar-refractivity contribution in [2.24, 2.45) is 0 Å². The molecule has 0 spiro atoms. The summed E-state index contributed by atoms with van der Waals surface area (Å²) in [4.78, 5) is 18.3. The van der Waals surface area contributed by atoms with Gasteiger partial charge in [0.05, 0.1) is 22.8 Å². The van der Waals surface area contributed by atoms with Crippen molar-refractivity contribution in [2.45, 2.75) is 19.6 Å². The zero-order valence-corrected chi connectivity index (χ0v) is 16.1. The summed E-state index contributed by atoms with van der Waals surface area (Å²) in [6, 6.07) is 12.1. The molecule has 0 radical (unpaired) electrons. The number of thiazole rings is 1. The molecular weight excluding hydrogens is 404 g/mol. The number of hydrogen-bond donors (Lipinski definition) is 0. The van der Waals surface area contributed by atoms with Gasteiger partial charge in [-0.25, -0.2) is 9.37 Å². The Bertz CT molecular complexity index is 1010. The number of benzene rings is 2. The highest BCUT2D eigenvalue weighted by atomic mass is 32.1. The number of aryl methyl sites for hydroxylation is 1. The molecular formula is C21H16F4N2OS. The van der Waals surface area contributed by atoms with Crippen LogP contribution in [0.4, 0.5) is 23.2 Å². The van der Waals surface area contributed by atoms with Crippen molar-refractivity contribution in [1.29, 1.82) is 0 Å². The molecule has 150 valence electrons. The summed E-state index contributed by atoms with van der Waals surface area (Å²) in [5, 5.41) is 2.49. The molecule has 0 fully saturated rings. The maximum Gasteiger partial charge on any atom is 0.417 e. The van der Waals surface area contributed by atoms with E-state index < -0.39 is 23.5 Å². The third-order valence-electron chi connectivity index (χ3n) is 4.05. The molecule has 29 heavy (non-hydrogen) atoms. The highest BCUT2D eigenvalue weighted by Gasteiger charge is 2.36. The second kappa shape index (κ2) is 8.57. The van der Waals surface area contributed by atoms with Crippen LogP contribution in [-0.4, -0.2) is 17.1 Å². The summed E-state index contributed by atoms with van der Waals surface area (Å²) in [5.74, 6) is -1.39. The first-order valence-electron chi connectivity index (χ1n) is 8.56. The van der Waals surface area contributed by atoms with Crippen LogP contribution < -0.4 is 4.90 Å². The van der Waals surface area contributed by atoms with E-state index in [1.165, 1.54) is 47.7 Å². The van der Waals surface area contributed by atoms with E-state index in [0.29, 0.717) is 11.8 Å². The van der Waals surface area contributed by atoms with Crippen molar-refractivity contribution in [1.82, 2.24) is 4.98 Å². The minimum Gasteiger partial charge on any atom is -0.303 e. The quantitative estimate of drug-likeness (QED) is 0.388. The van der Waals surface area contributed by atoms with E-state index in [0.717, 1.165) is 22.0 Å². The minimum atomic E-state index is -4.72. The van der Waals surface area contributed by atoms with E-state index in [2.05, 4.69) is 4.98 Å². The Morgan fingerprint density at radius 1 is 1.10 bits per heavy atom. The van der Waals surface area contributed by atoms with Crippen LogP contribution in [0.15, 0.2) is 66.1 Å². The summed E-state index contributed by atoms with van der Waals surface area (Å²) in [6.07, 6.45) is -4.15. The molecule has 2 aromatic carbocycles. The molecule has 8 heteroatoms. The van der Waals surface area contributed by atoms with Gasteiger partial charge in [-0.3, -0.25) is 4.79 Å². The lowest BCUT2D eigenvalue weighted by atomic mass is 10.0. The molecule has 0 N–H and O–H groups in total. The van der Waals surface area contributed by atoms with Gasteiger partial charge in [0.2, 0.25) is 0 Å². The van der Waals surface area contributed by atoms with E-state index in [1.54, 1.807) is 18.4 Å². The van der Waals surface area contributed by atoms with Crippen LogP contribution in [0, 0.1) is 12.7 Å². The molecule has 3 rings (SSSR count). The standard InChI is InChI=1S/C21H16F4N2OS/c1-14-26-17(13-29-14)12-27(18-9-7-16(22)8-10-18)20(28)11-19(21(23,24)25)15-5-3-2-4-6-15/h2-11,13H,12H2,1H3/b19-11-. The average Bonchev–Trinajstić information content (AvgIpc) is 3.09. The molecule has 1 aromatic heterocycles. The summed E-state index contributed by atoms with van der Waals surface area (Å²) in [5.41, 5.74) is -0.360. The van der Waals surface area contributed by atoms with Gasteiger partial charge >= 0.3 is 6.18 Å². The van der Waals surface area contributed by atoms with Gasteiger partial charge in [-0.05, 0) is 36.8 Å². The smallest absolute Gasteiger partial charge is 0.303 e. The largest absolute Gasteiger partial charge is 0.417 e. The first kappa shape index (κ1) is 20.7. The van der Waals surface area contributed by atoms with Gasteiger partial charge in [-0.2, -0.15) is 13.2 Å². The summed E-state index contributed by atoms with van der Waals surface area (Å²) in [7, 11) is 0. The van der Waals surface area contributed by atoms with Gasteiger partial charge in [0.1, 0.15) is 5.82 Å². The molecule has 0 saturated heterocycles. The number of alkyl halides is 3. The maximum absolute atomic E-state index is 13.6. The molecule has 0 aliphatic heterocycles. The lowest BCUT2D eigenvalue weighted by molar-refractivity contribution is -0.114. The van der Waals surface area contributed by atoms with E-state index in [9.17, 15) is 22.4 Å². The second-order valence-corrected chi connectivity index (χ2v) is 7.24. The molecule has 0 atom stereocenters. The Kier molecular flexibility index (Phi) is 6.12. The maximum atomic E-state index is 13.6. The van der Waals surface area contributed by atoms with Crippen molar-refractivity contribution in [3.63, 3.8) is 0 Å². The number of halogens is 4. The fourth-order valence-corrected chi connectivity index (χ4v) is 3.31. The number of hydrogen-bond acceptors (Lipinski definition) is 3. The number of carbonyl (C=O) groups excluding carboxylic acids is 1. The molecule has 0 unspecified atom stereocenters. The molecule has 1 heterocycles. The molecule has 3 aromatic rings. The number of amides is 1. The summed E-state index contributed by atoms with van der Waals surface area (Å²) < 4.78 is 54.1. The minimum absolute atomic E-state index is 0.0365. The van der Waals surface area contributed by atoms with Gasteiger partial charge in [0.25, 0.3) is 5.91 Å². The molecule has 0 aliphatic rings. The Morgan fingerprint density at radius 3 is 2.31 bits per heavy atom. The van der Waals surface area contributed by atoms with Crippen molar-refractivity contribution >= 4 is 28.5 Å². The molecule has 0 saturated carbocycles. The number of rotatable bonds is 5. The lowest BCUT2D eigenvalue weighted by Crippen LogP contribution is -2.30. The first-order valence-corrected chi connectivity index (χ1v) is 9.44. The monoisotopic (exact) mass is 420 g/mol. The average molecular weight is 420 g/mol.